The lowest BCUT2D eigenvalue weighted by Crippen LogP contribution is -2.30. The van der Waals surface area contributed by atoms with Gasteiger partial charge in [0.25, 0.3) is 11.8 Å². The number of carbonyl (C=O) groups excluding carboxylic acids is 4. The second-order valence-corrected chi connectivity index (χ2v) is 13.7. The Morgan fingerprint density at radius 3 is 2.46 bits per heavy atom. The van der Waals surface area contributed by atoms with E-state index in [1.807, 2.05) is 24.3 Å². The Hall–Kier alpha value is -5.52. The normalized spacial score (nSPS) is 13.9. The van der Waals surface area contributed by atoms with Gasteiger partial charge in [0.15, 0.2) is 0 Å². The number of methoxy groups -OCH3 is 1. The smallest absolute Gasteiger partial charge is 0.341 e. The van der Waals surface area contributed by atoms with E-state index in [-0.39, 0.29) is 17.4 Å². The zero-order valence-electron chi connectivity index (χ0n) is 27.2. The molecule has 1 aliphatic rings. The molecule has 5 aromatic rings. The monoisotopic (exact) mass is 702 g/mol. The summed E-state index contributed by atoms with van der Waals surface area (Å²) >= 11 is 2.73. The largest absolute Gasteiger partial charge is 0.465 e. The van der Waals surface area contributed by atoms with Gasteiger partial charge < -0.3 is 20.7 Å². The van der Waals surface area contributed by atoms with E-state index in [4.69, 9.17) is 4.74 Å². The van der Waals surface area contributed by atoms with Crippen LogP contribution in [0.4, 0.5) is 10.7 Å². The van der Waals surface area contributed by atoms with Crippen molar-refractivity contribution in [3.05, 3.63) is 148 Å². The summed E-state index contributed by atoms with van der Waals surface area (Å²) in [5.74, 6) is -1.25. The van der Waals surface area contributed by atoms with Gasteiger partial charge in [-0.25, -0.2) is 4.79 Å². The van der Waals surface area contributed by atoms with Crippen molar-refractivity contribution in [3.8, 4) is 0 Å². The maximum absolute atomic E-state index is 13.4. The minimum Gasteiger partial charge on any atom is -0.465 e. The number of ether oxygens (including phenoxy) is 1. The van der Waals surface area contributed by atoms with Crippen LogP contribution in [0.15, 0.2) is 120 Å². The second kappa shape index (κ2) is 16.3. The van der Waals surface area contributed by atoms with Crippen LogP contribution in [0, 0.1) is 0 Å². The van der Waals surface area contributed by atoms with Crippen molar-refractivity contribution < 1.29 is 23.9 Å². The number of amides is 3. The first-order chi connectivity index (χ1) is 24.4. The number of hydrogen-bond acceptors (Lipinski definition) is 8. The van der Waals surface area contributed by atoms with Crippen LogP contribution in [-0.2, 0) is 27.2 Å². The Morgan fingerprint density at radius 2 is 1.72 bits per heavy atom. The van der Waals surface area contributed by atoms with Crippen molar-refractivity contribution in [2.75, 3.05) is 23.5 Å². The molecule has 2 heterocycles. The molecule has 0 radical (unpaired) electrons. The average Bonchev–Trinajstić information content (AvgIpc) is 3.51. The van der Waals surface area contributed by atoms with Gasteiger partial charge in [-0.05, 0) is 84.3 Å². The molecule has 3 N–H and O–H groups in total. The molecular weight excluding hydrogens is 669 g/mol. The molecule has 0 aliphatic heterocycles. The van der Waals surface area contributed by atoms with Crippen molar-refractivity contribution in [1.29, 1.82) is 0 Å². The first-order valence-electron chi connectivity index (χ1n) is 16.0. The van der Waals surface area contributed by atoms with Gasteiger partial charge in [-0.3, -0.25) is 19.4 Å². The maximum atomic E-state index is 13.4. The number of anilines is 2. The van der Waals surface area contributed by atoms with Crippen molar-refractivity contribution in [2.24, 2.45) is 0 Å². The third-order valence-corrected chi connectivity index (χ3v) is 10.3. The molecule has 0 fully saturated rings. The highest BCUT2D eigenvalue weighted by atomic mass is 32.2. The lowest BCUT2D eigenvalue weighted by atomic mass is 9.83. The number of aromatic nitrogens is 1. The van der Waals surface area contributed by atoms with Gasteiger partial charge in [0.05, 0.1) is 18.4 Å². The fraction of sp³-hybridized carbons (Fsp3) is 0.154. The van der Waals surface area contributed by atoms with Crippen molar-refractivity contribution in [1.82, 2.24) is 10.3 Å². The van der Waals surface area contributed by atoms with Gasteiger partial charge in [0.1, 0.15) is 10.7 Å². The van der Waals surface area contributed by atoms with E-state index < -0.39 is 17.8 Å². The molecule has 3 amide bonds. The van der Waals surface area contributed by atoms with E-state index in [0.29, 0.717) is 33.3 Å². The molecule has 0 saturated carbocycles. The number of thioether (sulfide) groups is 1. The van der Waals surface area contributed by atoms with Gasteiger partial charge in [-0.1, -0.05) is 60.7 Å². The quantitative estimate of drug-likeness (QED) is 0.0747. The number of carbonyl (C=O) groups is 4. The number of nitrogens with one attached hydrogen (secondary N) is 3. The number of fused-ring (bicyclic) bond motifs is 1. The van der Waals surface area contributed by atoms with Crippen LogP contribution < -0.4 is 16.0 Å². The summed E-state index contributed by atoms with van der Waals surface area (Å²) < 4.78 is 5.11. The Labute approximate surface area is 298 Å². The summed E-state index contributed by atoms with van der Waals surface area (Å²) in [4.78, 5) is 58.3. The number of rotatable bonds is 11. The molecule has 1 aliphatic carbocycles. The van der Waals surface area contributed by atoms with Gasteiger partial charge >= 0.3 is 5.97 Å². The van der Waals surface area contributed by atoms with Crippen molar-refractivity contribution in [3.63, 3.8) is 0 Å². The standard InChI is InChI=1S/C39H34N4O5S2/c1-48-39(47)35-31-18-17-28(26-11-4-2-5-12-26)21-33(31)50-38(35)43-34(44)24-49-30-16-8-15-29(22-30)41-37(46)32(20-25-10-9-19-40-23-25)42-36(45)27-13-6-3-7-14-27/h2-16,19-20,22-23,28H,17-18,21,24H2,1H3,(H,41,46)(H,42,45)(H,43,44)/b32-20-. The lowest BCUT2D eigenvalue weighted by molar-refractivity contribution is -0.114. The van der Waals surface area contributed by atoms with Gasteiger partial charge in [-0.2, -0.15) is 0 Å². The Balaban J connectivity index is 1.11. The zero-order chi connectivity index (χ0) is 34.9. The fourth-order valence-electron chi connectivity index (χ4n) is 5.75. The summed E-state index contributed by atoms with van der Waals surface area (Å²) in [5.41, 5.74) is 4.24. The van der Waals surface area contributed by atoms with Crippen LogP contribution in [0.25, 0.3) is 6.08 Å². The average molecular weight is 703 g/mol. The summed E-state index contributed by atoms with van der Waals surface area (Å²) in [6, 6.07) is 29.6. The van der Waals surface area contributed by atoms with Crippen LogP contribution >= 0.6 is 23.1 Å². The first kappa shape index (κ1) is 34.3. The van der Waals surface area contributed by atoms with E-state index in [1.54, 1.807) is 79.1 Å². The van der Waals surface area contributed by atoms with E-state index in [1.165, 1.54) is 35.8 Å². The Kier molecular flexibility index (Phi) is 11.2. The Morgan fingerprint density at radius 1 is 0.940 bits per heavy atom. The molecule has 9 nitrogen and oxygen atoms in total. The molecule has 0 saturated heterocycles. The third-order valence-electron chi connectivity index (χ3n) is 8.16. The lowest BCUT2D eigenvalue weighted by Gasteiger charge is -2.22. The van der Waals surface area contributed by atoms with E-state index >= 15 is 0 Å². The van der Waals surface area contributed by atoms with Gasteiger partial charge in [-0.15, -0.1) is 23.1 Å². The van der Waals surface area contributed by atoms with Gasteiger partial charge in [0, 0.05) is 33.4 Å². The summed E-state index contributed by atoms with van der Waals surface area (Å²) in [7, 11) is 1.35. The molecule has 252 valence electrons. The molecule has 1 unspecified atom stereocenters. The molecule has 1 atom stereocenters. The molecule has 0 spiro atoms. The summed E-state index contributed by atoms with van der Waals surface area (Å²) in [5, 5.41) is 9.03. The van der Waals surface area contributed by atoms with Crippen molar-refractivity contribution in [2.45, 2.75) is 30.1 Å². The van der Waals surface area contributed by atoms with E-state index in [0.717, 1.165) is 34.6 Å². The summed E-state index contributed by atoms with van der Waals surface area (Å²) in [6.07, 6.45) is 7.20. The minimum absolute atomic E-state index is 0.0411. The predicted octanol–water partition coefficient (Wildman–Crippen LogP) is 7.34. The van der Waals surface area contributed by atoms with Crippen molar-refractivity contribution >= 4 is 63.6 Å². The molecule has 0 bridgehead atoms. The molecule has 2 aromatic heterocycles. The molecular formula is C39H34N4O5S2. The van der Waals surface area contributed by atoms with Crippen LogP contribution in [-0.4, -0.2) is 41.5 Å². The molecule has 50 heavy (non-hydrogen) atoms. The van der Waals surface area contributed by atoms with Crippen LogP contribution in [0.3, 0.4) is 0 Å². The summed E-state index contributed by atoms with van der Waals surface area (Å²) in [6.45, 7) is 0. The van der Waals surface area contributed by atoms with Crippen LogP contribution in [0.1, 0.15) is 54.6 Å². The first-order valence-corrected chi connectivity index (χ1v) is 17.8. The SMILES string of the molecule is COC(=O)c1c(NC(=O)CSc2cccc(NC(=O)/C(=C/c3cccnc3)NC(=O)c3ccccc3)c2)sc2c1CCC(c1ccccc1)C2. The minimum atomic E-state index is -0.524. The number of benzene rings is 3. The third kappa shape index (κ3) is 8.55. The molecule has 6 rings (SSSR count). The second-order valence-electron chi connectivity index (χ2n) is 11.5. The highest BCUT2D eigenvalue weighted by Crippen LogP contribution is 2.43. The maximum Gasteiger partial charge on any atom is 0.341 e. The highest BCUT2D eigenvalue weighted by Gasteiger charge is 2.30. The van der Waals surface area contributed by atoms with Gasteiger partial charge in [0.2, 0.25) is 5.91 Å². The number of esters is 1. The van der Waals surface area contributed by atoms with E-state index in [9.17, 15) is 19.2 Å². The van der Waals surface area contributed by atoms with Crippen LogP contribution in [0.5, 0.6) is 0 Å². The van der Waals surface area contributed by atoms with Crippen LogP contribution in [0.2, 0.25) is 0 Å². The Bertz CT molecular complexity index is 2030. The predicted molar refractivity (Wildman–Crippen MR) is 197 cm³/mol. The molecule has 11 heteroatoms. The highest BCUT2D eigenvalue weighted by molar-refractivity contribution is 8.00. The number of hydrogen-bond donors (Lipinski definition) is 3. The van der Waals surface area contributed by atoms with E-state index in [2.05, 4.69) is 33.1 Å². The number of thiophene rings is 1. The molecule has 3 aromatic carbocycles. The zero-order valence-corrected chi connectivity index (χ0v) is 28.8. The fourth-order valence-corrected chi connectivity index (χ4v) is 7.83. The number of pyridine rings is 1. The topological polar surface area (TPSA) is 126 Å². The number of nitrogens with zero attached hydrogens (tertiary/aromatic N) is 1.